The van der Waals surface area contributed by atoms with Crippen LogP contribution in [0.15, 0.2) is 71.9 Å². The number of aromatic nitrogens is 1. The zero-order chi connectivity index (χ0) is 24.2. The molecule has 5 nitrogen and oxygen atoms in total. The Labute approximate surface area is 205 Å². The summed E-state index contributed by atoms with van der Waals surface area (Å²) in [4.78, 5) is 11.2. The molecule has 3 heterocycles. The minimum Gasteiger partial charge on any atom is -0.491 e. The molecule has 6 heteroatoms. The Morgan fingerprint density at radius 3 is 2.60 bits per heavy atom. The van der Waals surface area contributed by atoms with Gasteiger partial charge in [0.05, 0.1) is 18.6 Å². The van der Waals surface area contributed by atoms with Crippen molar-refractivity contribution in [3.8, 4) is 11.5 Å². The van der Waals surface area contributed by atoms with Crippen LogP contribution in [0.2, 0.25) is 0 Å². The molecule has 35 heavy (non-hydrogen) atoms. The van der Waals surface area contributed by atoms with Gasteiger partial charge in [-0.1, -0.05) is 42.5 Å². The Bertz CT molecular complexity index is 1230. The lowest BCUT2D eigenvalue weighted by Gasteiger charge is -2.37. The first kappa shape index (κ1) is 23.2. The summed E-state index contributed by atoms with van der Waals surface area (Å²) >= 11 is 0. The molecule has 3 aromatic rings. The quantitative estimate of drug-likeness (QED) is 0.409. The van der Waals surface area contributed by atoms with Crippen molar-refractivity contribution in [3.05, 3.63) is 89.2 Å². The highest BCUT2D eigenvalue weighted by Crippen LogP contribution is 2.46. The fourth-order valence-electron chi connectivity index (χ4n) is 4.83. The normalized spacial score (nSPS) is 18.3. The second-order valence-corrected chi connectivity index (χ2v) is 9.05. The molecule has 1 saturated heterocycles. The van der Waals surface area contributed by atoms with E-state index >= 15 is 0 Å². The van der Waals surface area contributed by atoms with Crippen molar-refractivity contribution in [2.75, 3.05) is 40.0 Å². The molecule has 180 valence electrons. The lowest BCUT2D eigenvalue weighted by molar-refractivity contribution is 0.0668. The smallest absolute Gasteiger partial charge is 0.166 e. The summed E-state index contributed by atoms with van der Waals surface area (Å²) in [6, 6.07) is 20.3. The zero-order valence-corrected chi connectivity index (χ0v) is 20.2. The van der Waals surface area contributed by atoms with Gasteiger partial charge in [0.25, 0.3) is 0 Å². The minimum atomic E-state index is -0.357. The monoisotopic (exact) mass is 471 g/mol. The van der Waals surface area contributed by atoms with Gasteiger partial charge in [0.15, 0.2) is 6.10 Å². The van der Waals surface area contributed by atoms with Crippen LogP contribution in [0.25, 0.3) is 11.1 Å². The molecule has 1 atom stereocenters. The standard InChI is InChI=1S/C29H30FN3O2/c1-20-24-8-5-6-10-27(24)35-29(28(20)25-9-4-3-7-22(25)16-31-2)26-12-11-23(17-32-26)34-14-13-33-18-21(15-30)19-33/h3-12,16-17,21,29H,13-15,18-19H2,1-2H3. The molecule has 0 bridgehead atoms. The summed E-state index contributed by atoms with van der Waals surface area (Å²) in [7, 11) is 1.78. The van der Waals surface area contributed by atoms with Crippen LogP contribution in [0.1, 0.15) is 35.4 Å². The molecule has 0 N–H and O–H groups in total. The maximum atomic E-state index is 12.6. The van der Waals surface area contributed by atoms with Crippen molar-refractivity contribution in [1.82, 2.24) is 9.88 Å². The summed E-state index contributed by atoms with van der Waals surface area (Å²) < 4.78 is 25.0. The summed E-state index contributed by atoms with van der Waals surface area (Å²) in [5, 5.41) is 0. The Hall–Kier alpha value is -3.51. The zero-order valence-electron chi connectivity index (χ0n) is 20.2. The fraction of sp³-hybridized carbons (Fsp3) is 0.310. The first-order chi connectivity index (χ1) is 17.2. The van der Waals surface area contributed by atoms with Crippen LogP contribution in [0, 0.1) is 5.92 Å². The van der Waals surface area contributed by atoms with Gasteiger partial charge >= 0.3 is 0 Å². The maximum absolute atomic E-state index is 12.6. The highest BCUT2D eigenvalue weighted by Gasteiger charge is 2.31. The Morgan fingerprint density at radius 1 is 1.09 bits per heavy atom. The molecule has 0 saturated carbocycles. The van der Waals surface area contributed by atoms with Crippen molar-refractivity contribution in [3.63, 3.8) is 0 Å². The molecule has 0 radical (unpaired) electrons. The predicted molar refractivity (Wildman–Crippen MR) is 138 cm³/mol. The molecule has 2 aliphatic heterocycles. The van der Waals surface area contributed by atoms with Crippen LogP contribution in [-0.2, 0) is 0 Å². The number of para-hydroxylation sites is 1. The number of hydrogen-bond acceptors (Lipinski definition) is 5. The number of likely N-dealkylation sites (tertiary alicyclic amines) is 1. The van der Waals surface area contributed by atoms with E-state index in [2.05, 4.69) is 35.0 Å². The van der Waals surface area contributed by atoms with Crippen molar-refractivity contribution in [1.29, 1.82) is 0 Å². The van der Waals surface area contributed by atoms with E-state index in [0.29, 0.717) is 12.4 Å². The number of aliphatic imine (C=N–C) groups is 1. The van der Waals surface area contributed by atoms with Crippen molar-refractivity contribution in [2.24, 2.45) is 10.9 Å². The summed E-state index contributed by atoms with van der Waals surface area (Å²) in [6.07, 6.45) is 3.28. The second kappa shape index (κ2) is 10.4. The van der Waals surface area contributed by atoms with E-state index in [1.807, 2.05) is 48.7 Å². The van der Waals surface area contributed by atoms with Crippen molar-refractivity contribution < 1.29 is 13.9 Å². The van der Waals surface area contributed by atoms with Gasteiger partial charge in [-0.15, -0.1) is 0 Å². The molecule has 1 aromatic heterocycles. The minimum absolute atomic E-state index is 0.191. The number of nitrogens with zero attached hydrogens (tertiary/aromatic N) is 3. The van der Waals surface area contributed by atoms with Crippen LogP contribution in [0.3, 0.4) is 0 Å². The number of alkyl halides is 1. The largest absolute Gasteiger partial charge is 0.491 e. The predicted octanol–water partition coefficient (Wildman–Crippen LogP) is 5.47. The number of allylic oxidation sites excluding steroid dienone is 1. The van der Waals surface area contributed by atoms with Gasteiger partial charge in [-0.25, -0.2) is 0 Å². The molecule has 0 amide bonds. The molecular formula is C29H30FN3O2. The molecule has 1 fully saturated rings. The lowest BCUT2D eigenvalue weighted by Crippen LogP contribution is -2.49. The highest BCUT2D eigenvalue weighted by molar-refractivity contribution is 6.00. The van der Waals surface area contributed by atoms with Gasteiger partial charge in [-0.2, -0.15) is 0 Å². The van der Waals surface area contributed by atoms with Gasteiger partial charge in [0.1, 0.15) is 18.1 Å². The molecule has 0 aliphatic carbocycles. The van der Waals surface area contributed by atoms with E-state index in [4.69, 9.17) is 14.5 Å². The van der Waals surface area contributed by atoms with Gasteiger partial charge < -0.3 is 9.47 Å². The van der Waals surface area contributed by atoms with Crippen LogP contribution in [-0.4, -0.2) is 56.1 Å². The van der Waals surface area contributed by atoms with Crippen molar-refractivity contribution >= 4 is 17.4 Å². The SMILES string of the molecule is CN=Cc1ccccc1C1=C(C)c2ccccc2OC1c1ccc(OCCN2CC(CF)C2)cn1. The Morgan fingerprint density at radius 2 is 1.86 bits per heavy atom. The molecule has 2 aliphatic rings. The number of benzene rings is 2. The number of ether oxygens (including phenoxy) is 2. The first-order valence-electron chi connectivity index (χ1n) is 12.0. The average molecular weight is 472 g/mol. The van der Waals surface area contributed by atoms with Crippen LogP contribution in [0.5, 0.6) is 11.5 Å². The third kappa shape index (κ3) is 4.84. The fourth-order valence-corrected chi connectivity index (χ4v) is 4.83. The van der Waals surface area contributed by atoms with Gasteiger partial charge in [0.2, 0.25) is 0 Å². The maximum Gasteiger partial charge on any atom is 0.166 e. The molecule has 5 rings (SSSR count). The number of pyridine rings is 1. The average Bonchev–Trinajstić information content (AvgIpc) is 2.86. The molecule has 0 spiro atoms. The van der Waals surface area contributed by atoms with E-state index in [-0.39, 0.29) is 18.7 Å². The van der Waals surface area contributed by atoms with Gasteiger partial charge in [0, 0.05) is 50.0 Å². The lowest BCUT2D eigenvalue weighted by atomic mass is 9.86. The van der Waals surface area contributed by atoms with Gasteiger partial charge in [-0.3, -0.25) is 19.3 Å². The van der Waals surface area contributed by atoms with E-state index < -0.39 is 0 Å². The van der Waals surface area contributed by atoms with E-state index in [9.17, 15) is 4.39 Å². The van der Waals surface area contributed by atoms with Crippen molar-refractivity contribution in [2.45, 2.75) is 13.0 Å². The third-order valence-corrected chi connectivity index (χ3v) is 6.68. The van der Waals surface area contributed by atoms with Crippen LogP contribution < -0.4 is 9.47 Å². The number of fused-ring (bicyclic) bond motifs is 1. The van der Waals surface area contributed by atoms with Gasteiger partial charge in [-0.05, 0) is 41.8 Å². The molecule has 1 unspecified atom stereocenters. The Kier molecular flexibility index (Phi) is 6.91. The number of halogens is 1. The van der Waals surface area contributed by atoms with E-state index in [1.165, 1.54) is 0 Å². The number of hydrogen-bond donors (Lipinski definition) is 0. The highest BCUT2D eigenvalue weighted by atomic mass is 19.1. The summed E-state index contributed by atoms with van der Waals surface area (Å²) in [6.45, 7) is 4.89. The molecular weight excluding hydrogens is 441 g/mol. The van der Waals surface area contributed by atoms with E-state index in [0.717, 1.165) is 58.9 Å². The second-order valence-electron chi connectivity index (χ2n) is 9.05. The number of rotatable bonds is 8. The van der Waals surface area contributed by atoms with Crippen LogP contribution in [0.4, 0.5) is 4.39 Å². The first-order valence-corrected chi connectivity index (χ1v) is 12.0. The summed E-state index contributed by atoms with van der Waals surface area (Å²) in [5.74, 6) is 1.76. The topological polar surface area (TPSA) is 47.0 Å². The van der Waals surface area contributed by atoms with E-state index in [1.54, 1.807) is 13.2 Å². The third-order valence-electron chi connectivity index (χ3n) is 6.68. The Balaban J connectivity index is 1.40. The summed E-state index contributed by atoms with van der Waals surface area (Å²) in [5.41, 5.74) is 6.27. The molecule has 2 aromatic carbocycles. The van der Waals surface area contributed by atoms with Crippen LogP contribution >= 0.6 is 0 Å².